The standard InChI is InChI=1S/C13H11BrFN3O/c14-9-4-10(6-18-5-9)19-7-8-2-1-3-11(12(8)15)13(16)17/h1-6H,7H2,(H3,16,17). The number of hydrogen-bond acceptors (Lipinski definition) is 3. The van der Waals surface area contributed by atoms with E-state index in [0.29, 0.717) is 11.3 Å². The molecule has 4 nitrogen and oxygen atoms in total. The first-order chi connectivity index (χ1) is 9.08. The van der Waals surface area contributed by atoms with E-state index in [1.807, 2.05) is 0 Å². The first-order valence-electron chi connectivity index (χ1n) is 5.43. The van der Waals surface area contributed by atoms with Crippen LogP contribution in [-0.2, 0) is 6.61 Å². The number of pyridine rings is 1. The van der Waals surface area contributed by atoms with Crippen LogP contribution in [0, 0.1) is 11.2 Å². The van der Waals surface area contributed by atoms with Gasteiger partial charge in [0.15, 0.2) is 0 Å². The van der Waals surface area contributed by atoms with Gasteiger partial charge in [-0.1, -0.05) is 12.1 Å². The topological polar surface area (TPSA) is 72.0 Å². The lowest BCUT2D eigenvalue weighted by atomic mass is 10.1. The van der Waals surface area contributed by atoms with Crippen LogP contribution in [-0.4, -0.2) is 10.8 Å². The van der Waals surface area contributed by atoms with E-state index < -0.39 is 5.82 Å². The van der Waals surface area contributed by atoms with Crippen LogP contribution in [0.5, 0.6) is 5.75 Å². The predicted molar refractivity (Wildman–Crippen MR) is 73.7 cm³/mol. The summed E-state index contributed by atoms with van der Waals surface area (Å²) in [6.07, 6.45) is 3.17. The van der Waals surface area contributed by atoms with Gasteiger partial charge in [-0.25, -0.2) is 4.39 Å². The molecule has 1 heterocycles. The summed E-state index contributed by atoms with van der Waals surface area (Å²) < 4.78 is 20.2. The Hall–Kier alpha value is -1.95. The molecule has 6 heteroatoms. The van der Waals surface area contributed by atoms with Crippen molar-refractivity contribution < 1.29 is 9.13 Å². The van der Waals surface area contributed by atoms with Crippen molar-refractivity contribution in [3.63, 3.8) is 0 Å². The maximum Gasteiger partial charge on any atom is 0.140 e. The van der Waals surface area contributed by atoms with Gasteiger partial charge in [0.05, 0.1) is 11.8 Å². The van der Waals surface area contributed by atoms with Gasteiger partial charge in [-0.05, 0) is 28.1 Å². The average molecular weight is 324 g/mol. The Morgan fingerprint density at radius 1 is 1.42 bits per heavy atom. The van der Waals surface area contributed by atoms with Gasteiger partial charge >= 0.3 is 0 Å². The molecule has 2 rings (SSSR count). The largest absolute Gasteiger partial charge is 0.487 e. The molecule has 1 aromatic heterocycles. The molecule has 0 spiro atoms. The number of ether oxygens (including phenoxy) is 1. The molecule has 0 bridgehead atoms. The molecule has 0 atom stereocenters. The average Bonchev–Trinajstić information content (AvgIpc) is 2.37. The minimum absolute atomic E-state index is 0.0467. The third kappa shape index (κ3) is 3.29. The summed E-state index contributed by atoms with van der Waals surface area (Å²) in [5.41, 5.74) is 5.71. The van der Waals surface area contributed by atoms with Gasteiger partial charge in [0, 0.05) is 16.2 Å². The lowest BCUT2D eigenvalue weighted by molar-refractivity contribution is 0.298. The molecule has 3 N–H and O–H groups in total. The molecule has 1 aromatic carbocycles. The van der Waals surface area contributed by atoms with Gasteiger partial charge in [0.2, 0.25) is 0 Å². The molecule has 0 radical (unpaired) electrons. The molecule has 19 heavy (non-hydrogen) atoms. The molecule has 98 valence electrons. The van der Waals surface area contributed by atoms with Crippen LogP contribution in [0.25, 0.3) is 0 Å². The second kappa shape index (κ2) is 5.79. The van der Waals surface area contributed by atoms with Gasteiger partial charge in [-0.15, -0.1) is 0 Å². The van der Waals surface area contributed by atoms with Gasteiger partial charge in [-0.2, -0.15) is 0 Å². The third-order valence-electron chi connectivity index (χ3n) is 2.44. The van der Waals surface area contributed by atoms with Crippen molar-refractivity contribution in [1.29, 1.82) is 5.41 Å². The molecule has 0 unspecified atom stereocenters. The second-order valence-corrected chi connectivity index (χ2v) is 4.74. The fourth-order valence-electron chi connectivity index (χ4n) is 1.53. The quantitative estimate of drug-likeness (QED) is 0.671. The lowest BCUT2D eigenvalue weighted by Gasteiger charge is -2.09. The van der Waals surface area contributed by atoms with Crippen LogP contribution >= 0.6 is 15.9 Å². The number of aromatic nitrogens is 1. The zero-order valence-electron chi connectivity index (χ0n) is 9.86. The Morgan fingerprint density at radius 3 is 2.89 bits per heavy atom. The number of hydrogen-bond donors (Lipinski definition) is 2. The Labute approximate surface area is 118 Å². The number of nitrogen functional groups attached to an aromatic ring is 1. The fraction of sp³-hybridized carbons (Fsp3) is 0.0769. The summed E-state index contributed by atoms with van der Waals surface area (Å²) in [6, 6.07) is 6.42. The highest BCUT2D eigenvalue weighted by molar-refractivity contribution is 9.10. The highest BCUT2D eigenvalue weighted by Gasteiger charge is 2.10. The van der Waals surface area contributed by atoms with Crippen LogP contribution in [0.15, 0.2) is 41.1 Å². The van der Waals surface area contributed by atoms with E-state index in [4.69, 9.17) is 15.9 Å². The van der Waals surface area contributed by atoms with Gasteiger partial charge < -0.3 is 10.5 Å². The molecule has 0 saturated carbocycles. The fourth-order valence-corrected chi connectivity index (χ4v) is 1.88. The molecule has 0 aliphatic carbocycles. The number of nitrogens with two attached hydrogens (primary N) is 1. The number of nitrogens with zero attached hydrogens (tertiary/aromatic N) is 1. The Bertz CT molecular complexity index is 619. The Kier molecular flexibility index (Phi) is 4.11. The summed E-state index contributed by atoms with van der Waals surface area (Å²) >= 11 is 3.27. The van der Waals surface area contributed by atoms with Crippen LogP contribution < -0.4 is 10.5 Å². The van der Waals surface area contributed by atoms with E-state index in [-0.39, 0.29) is 18.0 Å². The lowest BCUT2D eigenvalue weighted by Crippen LogP contribution is -2.14. The van der Waals surface area contributed by atoms with Gasteiger partial charge in [0.1, 0.15) is 24.0 Å². The molecule has 0 aliphatic heterocycles. The van der Waals surface area contributed by atoms with Crippen molar-refractivity contribution in [3.05, 3.63) is 58.1 Å². The first kappa shape index (κ1) is 13.5. The SMILES string of the molecule is N=C(N)c1cccc(COc2cncc(Br)c2)c1F. The number of rotatable bonds is 4. The van der Waals surface area contributed by atoms with E-state index in [1.54, 1.807) is 24.4 Å². The smallest absolute Gasteiger partial charge is 0.140 e. The first-order valence-corrected chi connectivity index (χ1v) is 6.22. The van der Waals surface area contributed by atoms with Crippen LogP contribution in [0.2, 0.25) is 0 Å². The molecule has 0 saturated heterocycles. The van der Waals surface area contributed by atoms with Crippen molar-refractivity contribution in [2.45, 2.75) is 6.61 Å². The maximum absolute atomic E-state index is 14.0. The van der Waals surface area contributed by atoms with Crippen LogP contribution in [0.3, 0.4) is 0 Å². The molecular weight excluding hydrogens is 313 g/mol. The predicted octanol–water partition coefficient (Wildman–Crippen LogP) is 2.85. The summed E-state index contributed by atoms with van der Waals surface area (Å²) in [6.45, 7) is 0.0467. The normalized spacial score (nSPS) is 10.2. The third-order valence-corrected chi connectivity index (χ3v) is 2.88. The molecular formula is C13H11BrFN3O. The van der Waals surface area contributed by atoms with E-state index in [0.717, 1.165) is 4.47 Å². The van der Waals surface area contributed by atoms with Crippen molar-refractivity contribution in [2.24, 2.45) is 5.73 Å². The van der Waals surface area contributed by atoms with E-state index >= 15 is 0 Å². The number of halogens is 2. The Balaban J connectivity index is 2.16. The molecule has 0 fully saturated rings. The van der Waals surface area contributed by atoms with Crippen molar-refractivity contribution >= 4 is 21.8 Å². The van der Waals surface area contributed by atoms with Crippen molar-refractivity contribution in [3.8, 4) is 5.75 Å². The summed E-state index contributed by atoms with van der Waals surface area (Å²) in [5.74, 6) is -0.302. The maximum atomic E-state index is 14.0. The number of amidine groups is 1. The summed E-state index contributed by atoms with van der Waals surface area (Å²) in [7, 11) is 0. The van der Waals surface area contributed by atoms with E-state index in [1.165, 1.54) is 12.3 Å². The molecule has 0 aliphatic rings. The minimum atomic E-state index is -0.530. The van der Waals surface area contributed by atoms with E-state index in [2.05, 4.69) is 20.9 Å². The minimum Gasteiger partial charge on any atom is -0.487 e. The van der Waals surface area contributed by atoms with Crippen molar-refractivity contribution in [1.82, 2.24) is 4.98 Å². The zero-order valence-corrected chi connectivity index (χ0v) is 11.4. The number of nitrogens with one attached hydrogen (secondary N) is 1. The summed E-state index contributed by atoms with van der Waals surface area (Å²) in [5, 5.41) is 7.28. The number of benzene rings is 1. The van der Waals surface area contributed by atoms with Crippen molar-refractivity contribution in [2.75, 3.05) is 0 Å². The van der Waals surface area contributed by atoms with Gasteiger partial charge in [0.25, 0.3) is 0 Å². The highest BCUT2D eigenvalue weighted by Crippen LogP contribution is 2.19. The van der Waals surface area contributed by atoms with Crippen LogP contribution in [0.1, 0.15) is 11.1 Å². The highest BCUT2D eigenvalue weighted by atomic mass is 79.9. The summed E-state index contributed by atoms with van der Waals surface area (Å²) in [4.78, 5) is 3.94. The Morgan fingerprint density at radius 2 is 2.21 bits per heavy atom. The van der Waals surface area contributed by atoms with Gasteiger partial charge in [-0.3, -0.25) is 10.4 Å². The second-order valence-electron chi connectivity index (χ2n) is 3.82. The van der Waals surface area contributed by atoms with E-state index in [9.17, 15) is 4.39 Å². The van der Waals surface area contributed by atoms with Crippen LogP contribution in [0.4, 0.5) is 4.39 Å². The zero-order chi connectivity index (χ0) is 13.8. The molecule has 0 amide bonds. The molecule has 2 aromatic rings. The monoisotopic (exact) mass is 323 g/mol.